The molecule has 2 rings (SSSR count). The van der Waals surface area contributed by atoms with Crippen molar-refractivity contribution in [2.75, 3.05) is 11.5 Å². The zero-order valence-electron chi connectivity index (χ0n) is 13.0. The van der Waals surface area contributed by atoms with E-state index in [0.717, 1.165) is 24.3 Å². The highest BCUT2D eigenvalue weighted by Crippen LogP contribution is 2.26. The number of tetrazole rings is 1. The van der Waals surface area contributed by atoms with E-state index in [2.05, 4.69) is 36.3 Å². The SMILES string of the molecule is CC(C)CCCC(C)n1nnnc1-c1cc(N)cc(N)c1. The number of rotatable bonds is 6. The average molecular weight is 288 g/mol. The first kappa shape index (κ1) is 15.3. The van der Waals surface area contributed by atoms with Crippen LogP contribution >= 0.6 is 0 Å². The van der Waals surface area contributed by atoms with Gasteiger partial charge in [-0.05, 0) is 47.9 Å². The Hall–Kier alpha value is -2.11. The van der Waals surface area contributed by atoms with Crippen LogP contribution in [0.25, 0.3) is 11.4 Å². The highest BCUT2D eigenvalue weighted by Gasteiger charge is 2.15. The van der Waals surface area contributed by atoms with Gasteiger partial charge in [-0.1, -0.05) is 26.7 Å². The number of nitrogen functional groups attached to an aromatic ring is 2. The Kier molecular flexibility index (Phi) is 4.77. The minimum absolute atomic E-state index is 0.247. The van der Waals surface area contributed by atoms with Gasteiger partial charge >= 0.3 is 0 Å². The second-order valence-corrected chi connectivity index (χ2v) is 6.01. The molecule has 2 aromatic rings. The Labute approximate surface area is 125 Å². The fraction of sp³-hybridized carbons (Fsp3) is 0.533. The van der Waals surface area contributed by atoms with E-state index >= 15 is 0 Å². The maximum atomic E-state index is 5.85. The van der Waals surface area contributed by atoms with Crippen molar-refractivity contribution in [1.82, 2.24) is 20.2 Å². The van der Waals surface area contributed by atoms with E-state index < -0.39 is 0 Å². The summed E-state index contributed by atoms with van der Waals surface area (Å²) in [6.07, 6.45) is 3.43. The number of hydrogen-bond donors (Lipinski definition) is 2. The predicted molar refractivity (Wildman–Crippen MR) is 85.5 cm³/mol. The van der Waals surface area contributed by atoms with Crippen LogP contribution < -0.4 is 11.5 Å². The third-order valence-electron chi connectivity index (χ3n) is 3.55. The third kappa shape index (κ3) is 3.93. The van der Waals surface area contributed by atoms with E-state index in [9.17, 15) is 0 Å². The van der Waals surface area contributed by atoms with Gasteiger partial charge in [0.1, 0.15) is 0 Å². The van der Waals surface area contributed by atoms with Crippen LogP contribution in [0, 0.1) is 5.92 Å². The molecule has 0 aliphatic rings. The lowest BCUT2D eigenvalue weighted by Gasteiger charge is -2.14. The molecule has 4 N–H and O–H groups in total. The first-order valence-electron chi connectivity index (χ1n) is 7.41. The summed E-state index contributed by atoms with van der Waals surface area (Å²) in [5.41, 5.74) is 13.8. The number of anilines is 2. The molecule has 1 aromatic heterocycles. The Morgan fingerprint density at radius 2 is 1.71 bits per heavy atom. The lowest BCUT2D eigenvalue weighted by atomic mass is 10.0. The van der Waals surface area contributed by atoms with Crippen molar-refractivity contribution in [3.63, 3.8) is 0 Å². The molecule has 1 unspecified atom stereocenters. The molecule has 1 aromatic carbocycles. The van der Waals surface area contributed by atoms with Gasteiger partial charge in [0.25, 0.3) is 0 Å². The molecular formula is C15H24N6. The van der Waals surface area contributed by atoms with Crippen LogP contribution in [-0.2, 0) is 0 Å². The van der Waals surface area contributed by atoms with Crippen molar-refractivity contribution in [2.24, 2.45) is 5.92 Å². The molecule has 114 valence electrons. The van der Waals surface area contributed by atoms with Gasteiger partial charge in [0.2, 0.25) is 0 Å². The normalized spacial score (nSPS) is 12.8. The molecule has 1 heterocycles. The molecule has 0 fully saturated rings. The quantitative estimate of drug-likeness (QED) is 0.797. The van der Waals surface area contributed by atoms with Gasteiger partial charge in [0, 0.05) is 16.9 Å². The Balaban J connectivity index is 2.17. The Morgan fingerprint density at radius 1 is 1.05 bits per heavy atom. The van der Waals surface area contributed by atoms with Gasteiger partial charge in [-0.2, -0.15) is 0 Å². The molecule has 0 bridgehead atoms. The zero-order valence-corrected chi connectivity index (χ0v) is 13.0. The standard InChI is InChI=1S/C15H24N6/c1-10(2)5-4-6-11(3)21-15(18-19-20-21)12-7-13(16)9-14(17)8-12/h7-11H,4-6,16-17H2,1-3H3. The Morgan fingerprint density at radius 3 is 2.33 bits per heavy atom. The van der Waals surface area contributed by atoms with Gasteiger partial charge in [-0.25, -0.2) is 4.68 Å². The van der Waals surface area contributed by atoms with Crippen molar-refractivity contribution in [3.05, 3.63) is 18.2 Å². The summed E-state index contributed by atoms with van der Waals surface area (Å²) < 4.78 is 1.86. The van der Waals surface area contributed by atoms with Gasteiger partial charge in [0.15, 0.2) is 5.82 Å². The van der Waals surface area contributed by atoms with Crippen LogP contribution in [0.5, 0.6) is 0 Å². The molecule has 0 aliphatic heterocycles. The molecule has 0 saturated heterocycles. The fourth-order valence-corrected chi connectivity index (χ4v) is 2.43. The lowest BCUT2D eigenvalue weighted by Crippen LogP contribution is -2.10. The van der Waals surface area contributed by atoms with E-state index in [-0.39, 0.29) is 6.04 Å². The summed E-state index contributed by atoms with van der Waals surface area (Å²) in [6, 6.07) is 5.67. The monoisotopic (exact) mass is 288 g/mol. The van der Waals surface area contributed by atoms with Gasteiger partial charge in [-0.15, -0.1) is 5.10 Å². The second kappa shape index (κ2) is 6.56. The molecular weight excluding hydrogens is 264 g/mol. The maximum Gasteiger partial charge on any atom is 0.182 e. The number of aromatic nitrogens is 4. The number of nitrogens with two attached hydrogens (primary N) is 2. The van der Waals surface area contributed by atoms with Gasteiger partial charge in [0.05, 0.1) is 6.04 Å². The number of benzene rings is 1. The van der Waals surface area contributed by atoms with E-state index in [1.54, 1.807) is 6.07 Å². The van der Waals surface area contributed by atoms with Crippen molar-refractivity contribution in [2.45, 2.75) is 46.1 Å². The van der Waals surface area contributed by atoms with Crippen LogP contribution in [0.2, 0.25) is 0 Å². The molecule has 0 radical (unpaired) electrons. The zero-order chi connectivity index (χ0) is 15.4. The van der Waals surface area contributed by atoms with E-state index in [0.29, 0.717) is 17.2 Å². The smallest absolute Gasteiger partial charge is 0.182 e. The molecule has 0 aliphatic carbocycles. The fourth-order valence-electron chi connectivity index (χ4n) is 2.43. The topological polar surface area (TPSA) is 95.6 Å². The summed E-state index contributed by atoms with van der Waals surface area (Å²) in [5, 5.41) is 12.1. The summed E-state index contributed by atoms with van der Waals surface area (Å²) >= 11 is 0. The molecule has 21 heavy (non-hydrogen) atoms. The summed E-state index contributed by atoms with van der Waals surface area (Å²) in [5.74, 6) is 1.44. The molecule has 0 saturated carbocycles. The van der Waals surface area contributed by atoms with Crippen molar-refractivity contribution >= 4 is 11.4 Å². The lowest BCUT2D eigenvalue weighted by molar-refractivity contribution is 0.414. The highest BCUT2D eigenvalue weighted by molar-refractivity contribution is 5.67. The highest BCUT2D eigenvalue weighted by atomic mass is 15.5. The second-order valence-electron chi connectivity index (χ2n) is 6.01. The number of nitrogens with zero attached hydrogens (tertiary/aromatic N) is 4. The van der Waals surface area contributed by atoms with Crippen molar-refractivity contribution in [3.8, 4) is 11.4 Å². The van der Waals surface area contributed by atoms with Crippen LogP contribution in [0.4, 0.5) is 11.4 Å². The van der Waals surface area contributed by atoms with Crippen LogP contribution in [0.3, 0.4) is 0 Å². The van der Waals surface area contributed by atoms with Crippen LogP contribution in [-0.4, -0.2) is 20.2 Å². The predicted octanol–water partition coefficient (Wildman–Crippen LogP) is 2.89. The molecule has 6 heteroatoms. The van der Waals surface area contributed by atoms with E-state index in [1.165, 1.54) is 6.42 Å². The molecule has 6 nitrogen and oxygen atoms in total. The van der Waals surface area contributed by atoms with Gasteiger partial charge < -0.3 is 11.5 Å². The minimum atomic E-state index is 0.247. The number of hydrogen-bond acceptors (Lipinski definition) is 5. The first-order chi connectivity index (χ1) is 9.97. The van der Waals surface area contributed by atoms with Gasteiger partial charge in [-0.3, -0.25) is 0 Å². The van der Waals surface area contributed by atoms with Crippen molar-refractivity contribution in [1.29, 1.82) is 0 Å². The average Bonchev–Trinajstić information content (AvgIpc) is 2.86. The maximum absolute atomic E-state index is 5.85. The Bertz CT molecular complexity index is 569. The summed E-state index contributed by atoms with van der Waals surface area (Å²) in [4.78, 5) is 0. The summed E-state index contributed by atoms with van der Waals surface area (Å²) in [7, 11) is 0. The van der Waals surface area contributed by atoms with Crippen LogP contribution in [0.1, 0.15) is 46.1 Å². The molecule has 1 atom stereocenters. The van der Waals surface area contributed by atoms with E-state index in [4.69, 9.17) is 11.5 Å². The molecule has 0 spiro atoms. The molecule has 0 amide bonds. The largest absolute Gasteiger partial charge is 0.399 e. The summed E-state index contributed by atoms with van der Waals surface area (Å²) in [6.45, 7) is 6.61. The van der Waals surface area contributed by atoms with Crippen LogP contribution in [0.15, 0.2) is 18.2 Å². The van der Waals surface area contributed by atoms with E-state index in [1.807, 2.05) is 16.8 Å². The van der Waals surface area contributed by atoms with Crippen molar-refractivity contribution < 1.29 is 0 Å². The minimum Gasteiger partial charge on any atom is -0.399 e. The first-order valence-corrected chi connectivity index (χ1v) is 7.41. The third-order valence-corrected chi connectivity index (χ3v) is 3.55.